The fraction of sp³-hybridized carbons (Fsp3) is 0.900. The molecule has 0 fully saturated rings. The minimum absolute atomic E-state index is 0.161. The van der Waals surface area contributed by atoms with E-state index in [-0.39, 0.29) is 5.04 Å². The van der Waals surface area contributed by atoms with Gasteiger partial charge in [-0.25, -0.2) is 5.06 Å². The summed E-state index contributed by atoms with van der Waals surface area (Å²) in [6, 6.07) is 0. The van der Waals surface area contributed by atoms with Gasteiger partial charge < -0.3 is 4.53 Å². The lowest BCUT2D eigenvalue weighted by molar-refractivity contribution is -0.0930. The van der Waals surface area contributed by atoms with Gasteiger partial charge in [0.15, 0.2) is 0 Å². The Kier molecular flexibility index (Phi) is 4.81. The van der Waals surface area contributed by atoms with E-state index in [0.717, 1.165) is 12.1 Å². The number of nitrogens with zero attached hydrogens (tertiary/aromatic N) is 2. The van der Waals surface area contributed by atoms with E-state index < -0.39 is 20.3 Å². The molecule has 0 rings (SSSR count). The third-order valence-corrected chi connectivity index (χ3v) is 7.28. The van der Waals surface area contributed by atoms with E-state index in [2.05, 4.69) is 4.99 Å². The van der Waals surface area contributed by atoms with Gasteiger partial charge in [-0.2, -0.15) is 13.2 Å². The summed E-state index contributed by atoms with van der Waals surface area (Å²) in [4.78, 5) is 3.24. The number of rotatable bonds is 2. The molecule has 17 heavy (non-hydrogen) atoms. The van der Waals surface area contributed by atoms with Crippen molar-refractivity contribution in [3.8, 4) is 0 Å². The monoisotopic (exact) mass is 270 g/mol. The highest BCUT2D eigenvalue weighted by Gasteiger charge is 2.44. The molecule has 7 heteroatoms. The molecule has 102 valence electrons. The summed E-state index contributed by atoms with van der Waals surface area (Å²) in [5, 5.41) is 0.586. The average molecular weight is 270 g/mol. The molecule has 0 heterocycles. The highest BCUT2D eigenvalue weighted by Crippen LogP contribution is 2.37. The molecule has 0 amide bonds. The molecule has 0 aliphatic rings. The molecule has 3 nitrogen and oxygen atoms in total. The second-order valence-electron chi connectivity index (χ2n) is 5.39. The Labute approximate surface area is 102 Å². The fourth-order valence-corrected chi connectivity index (χ4v) is 2.01. The topological polar surface area (TPSA) is 24.8 Å². The van der Waals surface area contributed by atoms with Crippen molar-refractivity contribution in [2.45, 2.75) is 45.1 Å². The van der Waals surface area contributed by atoms with Crippen LogP contribution in [0.3, 0.4) is 0 Å². The van der Waals surface area contributed by atoms with Crippen LogP contribution in [0, 0.1) is 0 Å². The van der Waals surface area contributed by atoms with Gasteiger partial charge in [-0.3, -0.25) is 4.99 Å². The quantitative estimate of drug-likeness (QED) is 0.332. The van der Waals surface area contributed by atoms with Crippen molar-refractivity contribution in [3.05, 3.63) is 0 Å². The van der Waals surface area contributed by atoms with Crippen LogP contribution in [0.4, 0.5) is 13.2 Å². The van der Waals surface area contributed by atoms with E-state index >= 15 is 0 Å². The lowest BCUT2D eigenvalue weighted by Crippen LogP contribution is -2.50. The van der Waals surface area contributed by atoms with Gasteiger partial charge in [0.2, 0.25) is 14.2 Å². The summed E-state index contributed by atoms with van der Waals surface area (Å²) in [7, 11) is 0.0711. The molecule has 0 bridgehead atoms. The molecule has 0 N–H and O–H groups in total. The lowest BCUT2D eigenvalue weighted by atomic mass is 10.2. The van der Waals surface area contributed by atoms with Gasteiger partial charge in [0, 0.05) is 14.1 Å². The van der Waals surface area contributed by atoms with Gasteiger partial charge in [-0.15, -0.1) is 0 Å². The second-order valence-corrected chi connectivity index (χ2v) is 10.1. The number of amidine groups is 1. The largest absolute Gasteiger partial charge is 0.451 e. The highest BCUT2D eigenvalue weighted by atomic mass is 28.4. The Bertz CT molecular complexity index is 295. The predicted octanol–water partition coefficient (Wildman–Crippen LogP) is 3.45. The zero-order valence-electron chi connectivity index (χ0n) is 11.4. The van der Waals surface area contributed by atoms with E-state index in [1.807, 2.05) is 33.9 Å². The van der Waals surface area contributed by atoms with Crippen molar-refractivity contribution in [2.24, 2.45) is 4.99 Å². The molecular weight excluding hydrogens is 249 g/mol. The Hall–Kier alpha value is -0.563. The van der Waals surface area contributed by atoms with Crippen LogP contribution < -0.4 is 0 Å². The Balaban J connectivity index is 4.94. The molecule has 0 aliphatic heterocycles. The van der Waals surface area contributed by atoms with Crippen LogP contribution in [0.5, 0.6) is 0 Å². The Morgan fingerprint density at radius 1 is 1.18 bits per heavy atom. The third-order valence-electron chi connectivity index (χ3n) is 2.93. The van der Waals surface area contributed by atoms with Crippen LogP contribution in [0.1, 0.15) is 20.8 Å². The Morgan fingerprint density at radius 3 is 1.82 bits per heavy atom. The van der Waals surface area contributed by atoms with Crippen molar-refractivity contribution < 1.29 is 17.7 Å². The summed E-state index contributed by atoms with van der Waals surface area (Å²) in [5.41, 5.74) is 0. The fourth-order valence-electron chi connectivity index (χ4n) is 0.969. The number of hydrogen-bond donors (Lipinski definition) is 0. The van der Waals surface area contributed by atoms with Crippen LogP contribution >= 0.6 is 0 Å². The minimum atomic E-state index is -4.49. The number of aliphatic imine (C=N–C) groups is 1. The summed E-state index contributed by atoms with van der Waals surface area (Å²) in [5.74, 6) is -1.01. The molecule has 0 saturated carbocycles. The average Bonchev–Trinajstić information content (AvgIpc) is 1.98. The molecule has 0 aromatic heterocycles. The van der Waals surface area contributed by atoms with E-state index in [1.54, 1.807) is 0 Å². The van der Waals surface area contributed by atoms with E-state index in [9.17, 15) is 13.2 Å². The third kappa shape index (κ3) is 4.31. The van der Waals surface area contributed by atoms with Gasteiger partial charge in [-0.1, -0.05) is 20.8 Å². The van der Waals surface area contributed by atoms with Crippen molar-refractivity contribution in [1.29, 1.82) is 0 Å². The van der Waals surface area contributed by atoms with Gasteiger partial charge >= 0.3 is 6.18 Å². The first kappa shape index (κ1) is 16.4. The maximum Gasteiger partial charge on any atom is 0.451 e. The molecule has 0 radical (unpaired) electrons. The second kappa shape index (κ2) is 4.97. The summed E-state index contributed by atoms with van der Waals surface area (Å²) >= 11 is 0. The predicted molar refractivity (Wildman–Crippen MR) is 65.5 cm³/mol. The molecular formula is C10H21F3N2OSi. The highest BCUT2D eigenvalue weighted by molar-refractivity contribution is 6.74. The maximum absolute atomic E-state index is 12.6. The zero-order chi connectivity index (χ0) is 14.1. The summed E-state index contributed by atoms with van der Waals surface area (Å²) in [6.07, 6.45) is -4.49. The SMILES string of the molecule is CN=C(N(C)O[Si](C)(C)C(C)(C)C)C(F)(F)F. The zero-order valence-corrected chi connectivity index (χ0v) is 12.4. The number of hydrogen-bond acceptors (Lipinski definition) is 2. The van der Waals surface area contributed by atoms with Gasteiger partial charge in [0.1, 0.15) is 0 Å². The summed E-state index contributed by atoms with van der Waals surface area (Å²) < 4.78 is 43.3. The van der Waals surface area contributed by atoms with Gasteiger partial charge in [-0.05, 0) is 18.1 Å². The van der Waals surface area contributed by atoms with Gasteiger partial charge in [0.25, 0.3) is 0 Å². The molecule has 0 spiro atoms. The molecule has 0 aromatic rings. The molecule has 0 atom stereocenters. The molecule has 0 saturated heterocycles. The normalized spacial score (nSPS) is 15.1. The first-order valence-corrected chi connectivity index (χ1v) is 8.20. The van der Waals surface area contributed by atoms with Gasteiger partial charge in [0.05, 0.1) is 0 Å². The van der Waals surface area contributed by atoms with Crippen LogP contribution in [-0.4, -0.2) is 39.5 Å². The van der Waals surface area contributed by atoms with E-state index in [0.29, 0.717) is 0 Å². The molecule has 0 aromatic carbocycles. The van der Waals surface area contributed by atoms with Crippen molar-refractivity contribution in [1.82, 2.24) is 5.06 Å². The molecule has 0 unspecified atom stereocenters. The van der Waals surface area contributed by atoms with Crippen LogP contribution in [0.15, 0.2) is 4.99 Å². The van der Waals surface area contributed by atoms with E-state index in [4.69, 9.17) is 4.53 Å². The van der Waals surface area contributed by atoms with Crippen molar-refractivity contribution in [3.63, 3.8) is 0 Å². The smallest absolute Gasteiger partial charge is 0.318 e. The minimum Gasteiger partial charge on any atom is -0.318 e. The molecule has 0 aliphatic carbocycles. The van der Waals surface area contributed by atoms with E-state index in [1.165, 1.54) is 7.05 Å². The number of halogens is 3. The maximum atomic E-state index is 12.6. The van der Waals surface area contributed by atoms with Crippen LogP contribution in [0.25, 0.3) is 0 Å². The van der Waals surface area contributed by atoms with Crippen LogP contribution in [0.2, 0.25) is 18.1 Å². The standard InChI is InChI=1S/C10H21F3N2OSi/c1-9(2,3)17(6,7)16-15(5)8(14-4)10(11,12)13/h1-7H3. The number of hydroxylamine groups is 2. The Morgan fingerprint density at radius 2 is 1.59 bits per heavy atom. The van der Waals surface area contributed by atoms with Crippen molar-refractivity contribution in [2.75, 3.05) is 14.1 Å². The lowest BCUT2D eigenvalue weighted by Gasteiger charge is -2.39. The van der Waals surface area contributed by atoms with Crippen molar-refractivity contribution >= 4 is 14.2 Å². The first-order valence-electron chi connectivity index (χ1n) is 5.30. The van der Waals surface area contributed by atoms with Crippen LogP contribution in [-0.2, 0) is 4.53 Å². The number of alkyl halides is 3. The first-order chi connectivity index (χ1) is 7.33. The summed E-state index contributed by atoms with van der Waals surface area (Å²) in [6.45, 7) is 9.65.